The Kier molecular flexibility index (Phi) is 5.55. The van der Waals surface area contributed by atoms with Gasteiger partial charge in [-0.25, -0.2) is 4.98 Å². The first-order valence-corrected chi connectivity index (χ1v) is 10.1. The summed E-state index contributed by atoms with van der Waals surface area (Å²) >= 11 is 3.08. The third-order valence-corrected chi connectivity index (χ3v) is 6.38. The smallest absolute Gasteiger partial charge is 0.264 e. The minimum Gasteiger partial charge on any atom is -0.349 e. The summed E-state index contributed by atoms with van der Waals surface area (Å²) in [5, 5.41) is 9.88. The molecule has 2 aromatic heterocycles. The molecule has 26 heavy (non-hydrogen) atoms. The molecule has 5 nitrogen and oxygen atoms in total. The van der Waals surface area contributed by atoms with Crippen LogP contribution < -0.4 is 4.90 Å². The SMILES string of the molecule is CCN(CC)c1nc2sc(C(=O)N(C)Cc3ccc(C#N)cc3)cc2s1. The van der Waals surface area contributed by atoms with Gasteiger partial charge < -0.3 is 9.80 Å². The Morgan fingerprint density at radius 3 is 2.46 bits per heavy atom. The number of carbonyl (C=O) groups excluding carboxylic acids is 1. The van der Waals surface area contributed by atoms with E-state index in [0.717, 1.165) is 33.3 Å². The predicted molar refractivity (Wildman–Crippen MR) is 108 cm³/mol. The molecule has 0 radical (unpaired) electrons. The Balaban J connectivity index is 1.74. The van der Waals surface area contributed by atoms with Crippen LogP contribution in [0, 0.1) is 11.3 Å². The van der Waals surface area contributed by atoms with Crippen LogP contribution in [-0.4, -0.2) is 35.9 Å². The van der Waals surface area contributed by atoms with Gasteiger partial charge >= 0.3 is 0 Å². The molecule has 0 N–H and O–H groups in total. The van der Waals surface area contributed by atoms with Gasteiger partial charge in [-0.3, -0.25) is 4.79 Å². The van der Waals surface area contributed by atoms with Crippen molar-refractivity contribution in [1.29, 1.82) is 5.26 Å². The average Bonchev–Trinajstić information content (AvgIpc) is 3.22. The zero-order valence-electron chi connectivity index (χ0n) is 15.0. The van der Waals surface area contributed by atoms with Crippen molar-refractivity contribution in [2.75, 3.05) is 25.0 Å². The van der Waals surface area contributed by atoms with Crippen LogP contribution in [-0.2, 0) is 6.54 Å². The van der Waals surface area contributed by atoms with E-state index < -0.39 is 0 Å². The van der Waals surface area contributed by atoms with E-state index in [1.165, 1.54) is 11.3 Å². The maximum atomic E-state index is 12.7. The summed E-state index contributed by atoms with van der Waals surface area (Å²) in [6.07, 6.45) is 0. The number of anilines is 1. The molecule has 3 rings (SSSR count). The topological polar surface area (TPSA) is 60.2 Å². The van der Waals surface area contributed by atoms with E-state index in [4.69, 9.17) is 5.26 Å². The maximum absolute atomic E-state index is 12.7. The lowest BCUT2D eigenvalue weighted by molar-refractivity contribution is 0.0790. The van der Waals surface area contributed by atoms with Crippen LogP contribution in [0.25, 0.3) is 9.53 Å². The Morgan fingerprint density at radius 2 is 1.88 bits per heavy atom. The first-order valence-electron chi connectivity index (χ1n) is 8.45. The summed E-state index contributed by atoms with van der Waals surface area (Å²) in [5.74, 6) is -0.00560. The lowest BCUT2D eigenvalue weighted by Crippen LogP contribution is -2.25. The second kappa shape index (κ2) is 7.85. The molecule has 1 amide bonds. The van der Waals surface area contributed by atoms with Gasteiger partial charge in [-0.05, 0) is 37.6 Å². The molecule has 3 aromatic rings. The molecule has 0 saturated heterocycles. The Hall–Kier alpha value is -2.43. The van der Waals surface area contributed by atoms with Gasteiger partial charge in [0.15, 0.2) is 5.13 Å². The highest BCUT2D eigenvalue weighted by atomic mass is 32.1. The number of carbonyl (C=O) groups is 1. The molecule has 0 atom stereocenters. The molecule has 0 fully saturated rings. The van der Waals surface area contributed by atoms with Gasteiger partial charge in [-0.2, -0.15) is 5.26 Å². The van der Waals surface area contributed by atoms with Crippen LogP contribution in [0.1, 0.15) is 34.6 Å². The van der Waals surface area contributed by atoms with Crippen molar-refractivity contribution in [3.05, 3.63) is 46.3 Å². The summed E-state index contributed by atoms with van der Waals surface area (Å²) in [6.45, 7) is 6.60. The van der Waals surface area contributed by atoms with Crippen molar-refractivity contribution in [2.45, 2.75) is 20.4 Å². The van der Waals surface area contributed by atoms with Crippen molar-refractivity contribution in [2.24, 2.45) is 0 Å². The molecular weight excluding hydrogens is 364 g/mol. The molecule has 0 unspecified atom stereocenters. The van der Waals surface area contributed by atoms with Gasteiger partial charge in [0.05, 0.1) is 21.2 Å². The van der Waals surface area contributed by atoms with Crippen molar-refractivity contribution < 1.29 is 4.79 Å². The van der Waals surface area contributed by atoms with Gasteiger partial charge in [-0.1, -0.05) is 23.5 Å². The number of thiophene rings is 1. The highest BCUT2D eigenvalue weighted by Gasteiger charge is 2.18. The lowest BCUT2D eigenvalue weighted by atomic mass is 10.1. The number of benzene rings is 1. The molecule has 0 saturated carbocycles. The number of hydrogen-bond acceptors (Lipinski definition) is 6. The molecule has 134 valence electrons. The molecule has 0 aliphatic rings. The van der Waals surface area contributed by atoms with Crippen LogP contribution in [0.4, 0.5) is 5.13 Å². The number of amides is 1. The molecule has 2 heterocycles. The van der Waals surface area contributed by atoms with Crippen molar-refractivity contribution in [1.82, 2.24) is 9.88 Å². The van der Waals surface area contributed by atoms with Gasteiger partial charge in [0.2, 0.25) is 0 Å². The van der Waals surface area contributed by atoms with Crippen LogP contribution in [0.3, 0.4) is 0 Å². The fraction of sp³-hybridized carbons (Fsp3) is 0.316. The van der Waals surface area contributed by atoms with Crippen molar-refractivity contribution in [3.63, 3.8) is 0 Å². The van der Waals surface area contributed by atoms with Crippen molar-refractivity contribution >= 4 is 43.2 Å². The molecule has 7 heteroatoms. The van der Waals surface area contributed by atoms with E-state index in [1.807, 2.05) is 18.2 Å². The van der Waals surface area contributed by atoms with Crippen LogP contribution >= 0.6 is 22.7 Å². The van der Waals surface area contributed by atoms with Crippen molar-refractivity contribution in [3.8, 4) is 6.07 Å². The Bertz CT molecular complexity index is 917. The molecule has 1 aromatic carbocycles. The predicted octanol–water partition coefficient (Wildman–Crippen LogP) is 4.35. The summed E-state index contributed by atoms with van der Waals surface area (Å²) in [6, 6.07) is 11.4. The Labute approximate surface area is 161 Å². The zero-order chi connectivity index (χ0) is 18.7. The lowest BCUT2D eigenvalue weighted by Gasteiger charge is -2.17. The highest BCUT2D eigenvalue weighted by Crippen LogP contribution is 2.35. The number of fused-ring (bicyclic) bond motifs is 1. The zero-order valence-corrected chi connectivity index (χ0v) is 16.7. The van der Waals surface area contributed by atoms with E-state index in [1.54, 1.807) is 35.4 Å². The summed E-state index contributed by atoms with van der Waals surface area (Å²) in [4.78, 5) is 23.0. The first-order chi connectivity index (χ1) is 12.5. The van der Waals surface area contributed by atoms with E-state index >= 15 is 0 Å². The van der Waals surface area contributed by atoms with Crippen LogP contribution in [0.15, 0.2) is 30.3 Å². The first kappa shape index (κ1) is 18.4. The summed E-state index contributed by atoms with van der Waals surface area (Å²) in [7, 11) is 1.79. The quantitative estimate of drug-likeness (QED) is 0.634. The van der Waals surface area contributed by atoms with Gasteiger partial charge in [0.1, 0.15) is 4.83 Å². The van der Waals surface area contributed by atoms with E-state index in [-0.39, 0.29) is 5.91 Å². The maximum Gasteiger partial charge on any atom is 0.264 e. The third-order valence-electron chi connectivity index (χ3n) is 4.17. The minimum atomic E-state index is -0.00560. The number of nitriles is 1. The largest absolute Gasteiger partial charge is 0.349 e. The van der Waals surface area contributed by atoms with E-state index in [0.29, 0.717) is 17.0 Å². The third kappa shape index (κ3) is 3.71. The van der Waals surface area contributed by atoms with E-state index in [9.17, 15) is 4.79 Å². The fourth-order valence-corrected chi connectivity index (χ4v) is 5.01. The van der Waals surface area contributed by atoms with Crippen LogP contribution in [0.2, 0.25) is 0 Å². The highest BCUT2D eigenvalue weighted by molar-refractivity contribution is 7.29. The Morgan fingerprint density at radius 1 is 1.19 bits per heavy atom. The number of rotatable bonds is 6. The molecule has 0 spiro atoms. The van der Waals surface area contributed by atoms with E-state index in [2.05, 4.69) is 29.8 Å². The average molecular weight is 385 g/mol. The minimum absolute atomic E-state index is 0.00560. The molecule has 0 aliphatic heterocycles. The second-order valence-electron chi connectivity index (χ2n) is 5.92. The molecular formula is C19H20N4OS2. The fourth-order valence-electron chi connectivity index (χ4n) is 2.68. The number of hydrogen-bond donors (Lipinski definition) is 0. The molecule has 0 aliphatic carbocycles. The standard InChI is InChI=1S/C19H20N4OS2/c1-4-23(5-2)19-21-17-15(26-19)10-16(25-17)18(24)22(3)12-14-8-6-13(11-20)7-9-14/h6-10H,4-5,12H2,1-3H3. The van der Waals surface area contributed by atoms with Gasteiger partial charge in [0, 0.05) is 26.7 Å². The summed E-state index contributed by atoms with van der Waals surface area (Å²) < 4.78 is 1.06. The normalized spacial score (nSPS) is 10.7. The summed E-state index contributed by atoms with van der Waals surface area (Å²) in [5.41, 5.74) is 1.62. The van der Waals surface area contributed by atoms with Gasteiger partial charge in [0.25, 0.3) is 5.91 Å². The second-order valence-corrected chi connectivity index (χ2v) is 7.96. The molecule has 0 bridgehead atoms. The number of aromatic nitrogens is 1. The van der Waals surface area contributed by atoms with Crippen LogP contribution in [0.5, 0.6) is 0 Å². The monoisotopic (exact) mass is 384 g/mol. The number of nitrogens with zero attached hydrogens (tertiary/aromatic N) is 4. The van der Waals surface area contributed by atoms with Gasteiger partial charge in [-0.15, -0.1) is 11.3 Å². The number of thiazole rings is 1.